The number of aliphatic hydroxyl groups is 1. The van der Waals surface area contributed by atoms with Crippen molar-refractivity contribution in [1.82, 2.24) is 14.8 Å². The van der Waals surface area contributed by atoms with Crippen LogP contribution in [-0.2, 0) is 6.61 Å². The Kier molecular flexibility index (Phi) is 4.34. The minimum absolute atomic E-state index is 0.167. The van der Waals surface area contributed by atoms with Crippen molar-refractivity contribution in [2.75, 3.05) is 0 Å². The van der Waals surface area contributed by atoms with Gasteiger partial charge in [0.05, 0.1) is 6.10 Å². The second-order valence-corrected chi connectivity index (χ2v) is 4.86. The monoisotopic (exact) mass is 279 g/mol. The molecule has 0 spiro atoms. The molecule has 0 saturated carbocycles. The van der Waals surface area contributed by atoms with Gasteiger partial charge in [-0.25, -0.2) is 14.1 Å². The summed E-state index contributed by atoms with van der Waals surface area (Å²) in [5.74, 6) is 0.564. The van der Waals surface area contributed by atoms with E-state index in [-0.39, 0.29) is 12.6 Å². The standard InChI is InChI=1S/C14H18FN3O2/c1-9(2)18-14(16-8-17-18)7-20-13-6-11(15)4-5-12(13)10(3)19/h4-6,8-10,19H,7H2,1-3H3. The number of nitrogens with zero attached hydrogens (tertiary/aromatic N) is 3. The summed E-state index contributed by atoms with van der Waals surface area (Å²) in [5, 5.41) is 13.8. The van der Waals surface area contributed by atoms with E-state index in [2.05, 4.69) is 10.1 Å². The van der Waals surface area contributed by atoms with Crippen molar-refractivity contribution < 1.29 is 14.2 Å². The minimum atomic E-state index is -0.728. The maximum atomic E-state index is 13.3. The van der Waals surface area contributed by atoms with Crippen molar-refractivity contribution in [2.24, 2.45) is 0 Å². The maximum Gasteiger partial charge on any atom is 0.165 e. The van der Waals surface area contributed by atoms with Gasteiger partial charge >= 0.3 is 0 Å². The molecule has 2 rings (SSSR count). The zero-order valence-electron chi connectivity index (χ0n) is 11.7. The Labute approximate surface area is 117 Å². The van der Waals surface area contributed by atoms with Gasteiger partial charge in [-0.1, -0.05) is 0 Å². The molecule has 1 unspecified atom stereocenters. The first-order valence-electron chi connectivity index (χ1n) is 6.47. The van der Waals surface area contributed by atoms with Crippen LogP contribution in [0, 0.1) is 5.82 Å². The van der Waals surface area contributed by atoms with Crippen LogP contribution >= 0.6 is 0 Å². The molecule has 1 aromatic heterocycles. The van der Waals surface area contributed by atoms with E-state index in [1.165, 1.54) is 24.5 Å². The molecule has 0 fully saturated rings. The van der Waals surface area contributed by atoms with Crippen molar-refractivity contribution in [3.8, 4) is 5.75 Å². The molecule has 0 aliphatic rings. The number of hydrogen-bond acceptors (Lipinski definition) is 4. The van der Waals surface area contributed by atoms with E-state index in [4.69, 9.17) is 4.74 Å². The fourth-order valence-corrected chi connectivity index (χ4v) is 1.93. The van der Waals surface area contributed by atoms with E-state index in [9.17, 15) is 9.50 Å². The Morgan fingerprint density at radius 2 is 2.10 bits per heavy atom. The van der Waals surface area contributed by atoms with Crippen LogP contribution in [0.2, 0.25) is 0 Å². The summed E-state index contributed by atoms with van der Waals surface area (Å²) in [6, 6.07) is 4.24. The van der Waals surface area contributed by atoms with Crippen LogP contribution in [0.4, 0.5) is 4.39 Å². The second kappa shape index (κ2) is 6.00. The average Bonchev–Trinajstić information content (AvgIpc) is 2.84. The van der Waals surface area contributed by atoms with Crippen molar-refractivity contribution in [2.45, 2.75) is 39.5 Å². The highest BCUT2D eigenvalue weighted by molar-refractivity contribution is 5.35. The lowest BCUT2D eigenvalue weighted by atomic mass is 10.1. The molecule has 1 atom stereocenters. The highest BCUT2D eigenvalue weighted by Gasteiger charge is 2.13. The van der Waals surface area contributed by atoms with E-state index >= 15 is 0 Å². The number of hydrogen-bond donors (Lipinski definition) is 1. The largest absolute Gasteiger partial charge is 0.485 e. The molecular weight excluding hydrogens is 261 g/mol. The molecule has 108 valence electrons. The molecule has 0 radical (unpaired) electrons. The maximum absolute atomic E-state index is 13.3. The van der Waals surface area contributed by atoms with Crippen LogP contribution in [0.5, 0.6) is 5.75 Å². The van der Waals surface area contributed by atoms with E-state index in [1.807, 2.05) is 13.8 Å². The smallest absolute Gasteiger partial charge is 0.165 e. The molecule has 1 heterocycles. The fraction of sp³-hybridized carbons (Fsp3) is 0.429. The first kappa shape index (κ1) is 14.5. The van der Waals surface area contributed by atoms with E-state index in [0.717, 1.165) is 0 Å². The molecule has 0 bridgehead atoms. The van der Waals surface area contributed by atoms with Gasteiger partial charge in [0.2, 0.25) is 0 Å². The Hall–Kier alpha value is -1.95. The molecule has 0 saturated heterocycles. The Morgan fingerprint density at radius 3 is 2.75 bits per heavy atom. The van der Waals surface area contributed by atoms with E-state index in [0.29, 0.717) is 17.1 Å². The van der Waals surface area contributed by atoms with Gasteiger partial charge in [0.25, 0.3) is 0 Å². The Balaban J connectivity index is 2.18. The lowest BCUT2D eigenvalue weighted by Crippen LogP contribution is -2.11. The van der Waals surface area contributed by atoms with Crippen molar-refractivity contribution in [3.05, 3.63) is 41.7 Å². The predicted molar refractivity (Wildman–Crippen MR) is 71.8 cm³/mol. The molecule has 0 aliphatic heterocycles. The molecule has 2 aromatic rings. The number of aromatic nitrogens is 3. The van der Waals surface area contributed by atoms with Gasteiger partial charge in [0.1, 0.15) is 24.5 Å². The minimum Gasteiger partial charge on any atom is -0.485 e. The van der Waals surface area contributed by atoms with Crippen molar-refractivity contribution in [1.29, 1.82) is 0 Å². The summed E-state index contributed by atoms with van der Waals surface area (Å²) in [5.41, 5.74) is 0.544. The molecule has 1 aromatic carbocycles. The summed E-state index contributed by atoms with van der Waals surface area (Å²) in [7, 11) is 0. The summed E-state index contributed by atoms with van der Waals surface area (Å²) >= 11 is 0. The quantitative estimate of drug-likeness (QED) is 0.914. The van der Waals surface area contributed by atoms with Gasteiger partial charge in [-0.2, -0.15) is 5.10 Å². The van der Waals surface area contributed by atoms with Crippen LogP contribution in [0.15, 0.2) is 24.5 Å². The van der Waals surface area contributed by atoms with E-state index < -0.39 is 11.9 Å². The predicted octanol–water partition coefficient (Wildman–Crippen LogP) is 2.63. The van der Waals surface area contributed by atoms with Gasteiger partial charge in [-0.05, 0) is 32.9 Å². The van der Waals surface area contributed by atoms with Gasteiger partial charge in [0, 0.05) is 17.7 Å². The van der Waals surface area contributed by atoms with E-state index in [1.54, 1.807) is 11.6 Å². The average molecular weight is 279 g/mol. The highest BCUT2D eigenvalue weighted by atomic mass is 19.1. The van der Waals surface area contributed by atoms with Crippen LogP contribution in [0.3, 0.4) is 0 Å². The lowest BCUT2D eigenvalue weighted by molar-refractivity contribution is 0.188. The lowest BCUT2D eigenvalue weighted by Gasteiger charge is -2.14. The number of aliphatic hydroxyl groups excluding tert-OH is 1. The summed E-state index contributed by atoms with van der Waals surface area (Å²) in [6.07, 6.45) is 0.730. The fourth-order valence-electron chi connectivity index (χ4n) is 1.93. The van der Waals surface area contributed by atoms with Crippen LogP contribution < -0.4 is 4.74 Å². The third kappa shape index (κ3) is 3.14. The summed E-state index contributed by atoms with van der Waals surface area (Å²) in [4.78, 5) is 4.12. The molecule has 1 N–H and O–H groups in total. The summed E-state index contributed by atoms with van der Waals surface area (Å²) < 4.78 is 20.6. The normalized spacial score (nSPS) is 12.7. The number of rotatable bonds is 5. The topological polar surface area (TPSA) is 60.2 Å². The SMILES string of the molecule is CC(O)c1ccc(F)cc1OCc1ncnn1C(C)C. The zero-order valence-corrected chi connectivity index (χ0v) is 11.7. The highest BCUT2D eigenvalue weighted by Crippen LogP contribution is 2.26. The number of benzene rings is 1. The van der Waals surface area contributed by atoms with Crippen LogP contribution in [-0.4, -0.2) is 19.9 Å². The summed E-state index contributed by atoms with van der Waals surface area (Å²) in [6.45, 7) is 5.75. The molecule has 6 heteroatoms. The zero-order chi connectivity index (χ0) is 14.7. The van der Waals surface area contributed by atoms with Gasteiger partial charge < -0.3 is 9.84 Å². The third-order valence-electron chi connectivity index (χ3n) is 2.92. The number of ether oxygens (including phenoxy) is 1. The molecule has 0 amide bonds. The van der Waals surface area contributed by atoms with Crippen molar-refractivity contribution >= 4 is 0 Å². The van der Waals surface area contributed by atoms with Crippen molar-refractivity contribution in [3.63, 3.8) is 0 Å². The Morgan fingerprint density at radius 1 is 1.35 bits per heavy atom. The van der Waals surface area contributed by atoms with Crippen LogP contribution in [0.25, 0.3) is 0 Å². The molecule has 0 aliphatic carbocycles. The van der Waals surface area contributed by atoms with Gasteiger partial charge in [0.15, 0.2) is 5.82 Å². The molecular formula is C14H18FN3O2. The number of halogens is 1. The first-order valence-corrected chi connectivity index (χ1v) is 6.47. The third-order valence-corrected chi connectivity index (χ3v) is 2.92. The molecule has 5 nitrogen and oxygen atoms in total. The Bertz CT molecular complexity index is 582. The molecule has 20 heavy (non-hydrogen) atoms. The van der Waals surface area contributed by atoms with Gasteiger partial charge in [-0.3, -0.25) is 0 Å². The first-order chi connectivity index (χ1) is 9.49. The van der Waals surface area contributed by atoms with Crippen LogP contribution in [0.1, 0.15) is 44.3 Å². The second-order valence-electron chi connectivity index (χ2n) is 4.86. The van der Waals surface area contributed by atoms with Gasteiger partial charge in [-0.15, -0.1) is 0 Å².